The number of hydrogen-bond donors (Lipinski definition) is 0. The molecule has 1 fully saturated rings. The fourth-order valence-corrected chi connectivity index (χ4v) is 2.25. The van der Waals surface area contributed by atoms with Gasteiger partial charge in [-0.3, -0.25) is 4.79 Å². The molecule has 0 atom stereocenters. The van der Waals surface area contributed by atoms with E-state index in [9.17, 15) is 18.0 Å². The fourth-order valence-electron chi connectivity index (χ4n) is 2.25. The zero-order valence-corrected chi connectivity index (χ0v) is 12.6. The number of hydrogen-bond acceptors (Lipinski definition) is 3. The summed E-state index contributed by atoms with van der Waals surface area (Å²) >= 11 is 0. The number of amides is 1. The molecular weight excluding hydrogens is 286 g/mol. The van der Waals surface area contributed by atoms with Crippen molar-refractivity contribution in [3.05, 3.63) is 11.5 Å². The number of rotatable bonds is 2. The van der Waals surface area contributed by atoms with E-state index >= 15 is 0 Å². The minimum absolute atomic E-state index is 0.0221. The van der Waals surface area contributed by atoms with Crippen molar-refractivity contribution in [2.75, 3.05) is 13.1 Å². The van der Waals surface area contributed by atoms with E-state index in [0.717, 1.165) is 4.90 Å². The highest BCUT2D eigenvalue weighted by Gasteiger charge is 2.52. The number of alkyl halides is 3. The van der Waals surface area contributed by atoms with E-state index in [1.54, 1.807) is 0 Å². The van der Waals surface area contributed by atoms with Crippen molar-refractivity contribution in [1.29, 1.82) is 0 Å². The Kier molecular flexibility index (Phi) is 3.91. The molecule has 0 aliphatic carbocycles. The topological polar surface area (TPSA) is 38.8 Å². The molecule has 1 saturated heterocycles. The van der Waals surface area contributed by atoms with Crippen molar-refractivity contribution in [2.45, 2.75) is 51.5 Å². The zero-order chi connectivity index (χ0) is 16.1. The molecule has 0 aromatic heterocycles. The summed E-state index contributed by atoms with van der Waals surface area (Å²) < 4.78 is 48.7. The van der Waals surface area contributed by atoms with Crippen LogP contribution in [0.3, 0.4) is 0 Å². The molecule has 0 spiro atoms. The van der Waals surface area contributed by atoms with Crippen LogP contribution in [-0.2, 0) is 14.1 Å². The molecule has 2 heterocycles. The Balaban J connectivity index is 2.08. The lowest BCUT2D eigenvalue weighted by molar-refractivity contribution is -0.158. The molecule has 2 aliphatic rings. The molecule has 21 heavy (non-hydrogen) atoms. The maximum absolute atomic E-state index is 12.4. The molecule has 0 aromatic rings. The predicted octanol–water partition coefficient (Wildman–Crippen LogP) is 2.34. The van der Waals surface area contributed by atoms with Gasteiger partial charge in [-0.2, -0.15) is 13.2 Å². The van der Waals surface area contributed by atoms with Crippen molar-refractivity contribution < 1.29 is 27.3 Å². The second-order valence-corrected chi connectivity index (χ2v) is 6.43. The van der Waals surface area contributed by atoms with E-state index in [-0.39, 0.29) is 6.54 Å². The summed E-state index contributed by atoms with van der Waals surface area (Å²) in [5.41, 5.74) is -0.480. The molecule has 118 valence electrons. The van der Waals surface area contributed by atoms with Crippen LogP contribution in [0.25, 0.3) is 0 Å². The van der Waals surface area contributed by atoms with Gasteiger partial charge in [-0.1, -0.05) is 0 Å². The third-order valence-electron chi connectivity index (χ3n) is 4.22. The van der Waals surface area contributed by atoms with Crippen LogP contribution in [0.4, 0.5) is 13.2 Å². The van der Waals surface area contributed by atoms with Crippen LogP contribution >= 0.6 is 0 Å². The average Bonchev–Trinajstić information content (AvgIpc) is 2.49. The molecule has 2 aliphatic heterocycles. The smallest absolute Gasteiger partial charge is 0.400 e. The third-order valence-corrected chi connectivity index (χ3v) is 4.22. The van der Waals surface area contributed by atoms with Crippen LogP contribution in [0.15, 0.2) is 11.5 Å². The Morgan fingerprint density at radius 1 is 1.24 bits per heavy atom. The first kappa shape index (κ1) is 16.4. The second-order valence-electron chi connectivity index (χ2n) is 6.43. The van der Waals surface area contributed by atoms with Gasteiger partial charge in [-0.15, -0.1) is 0 Å². The summed E-state index contributed by atoms with van der Waals surface area (Å²) in [4.78, 5) is 12.6. The first-order chi connectivity index (χ1) is 9.41. The summed E-state index contributed by atoms with van der Waals surface area (Å²) in [5.74, 6) is -0.650. The summed E-state index contributed by atoms with van der Waals surface area (Å²) in [6.07, 6.45) is -2.86. The van der Waals surface area contributed by atoms with Crippen molar-refractivity contribution in [3.8, 4) is 0 Å². The van der Waals surface area contributed by atoms with Crippen LogP contribution in [0, 0.1) is 0 Å². The molecule has 0 N–H and O–H groups in total. The molecule has 1 amide bonds. The van der Waals surface area contributed by atoms with Gasteiger partial charge in [0.15, 0.2) is 0 Å². The standard InChI is InChI=1S/C13H19BF3NO3/c1-11(2)12(3,4)21-14(20-11)9-5-6-18(10(19)7-9)8-13(15,16)17/h7H,5-6,8H2,1-4H3. The average molecular weight is 305 g/mol. The molecule has 2 rings (SSSR count). The highest BCUT2D eigenvalue weighted by Crippen LogP contribution is 2.39. The lowest BCUT2D eigenvalue weighted by Gasteiger charge is -2.32. The van der Waals surface area contributed by atoms with Crippen molar-refractivity contribution in [3.63, 3.8) is 0 Å². The lowest BCUT2D eigenvalue weighted by atomic mass is 9.74. The molecule has 0 saturated carbocycles. The van der Waals surface area contributed by atoms with E-state index in [1.807, 2.05) is 27.7 Å². The van der Waals surface area contributed by atoms with Crippen LogP contribution in [0.1, 0.15) is 34.1 Å². The summed E-state index contributed by atoms with van der Waals surface area (Å²) in [6, 6.07) is 0. The Labute approximate surface area is 122 Å². The number of carbonyl (C=O) groups is 1. The lowest BCUT2D eigenvalue weighted by Crippen LogP contribution is -2.42. The van der Waals surface area contributed by atoms with Crippen molar-refractivity contribution in [2.24, 2.45) is 0 Å². The number of halogens is 3. The summed E-state index contributed by atoms with van der Waals surface area (Å²) in [7, 11) is -0.674. The Morgan fingerprint density at radius 2 is 1.76 bits per heavy atom. The van der Waals surface area contributed by atoms with Gasteiger partial charge in [-0.25, -0.2) is 0 Å². The first-order valence-corrected chi connectivity index (χ1v) is 6.83. The van der Waals surface area contributed by atoms with E-state index in [4.69, 9.17) is 9.31 Å². The van der Waals surface area contributed by atoms with Crippen LogP contribution in [0.2, 0.25) is 0 Å². The van der Waals surface area contributed by atoms with Crippen LogP contribution < -0.4 is 0 Å². The molecule has 0 bridgehead atoms. The minimum Gasteiger partial charge on any atom is -0.400 e. The summed E-state index contributed by atoms with van der Waals surface area (Å²) in [6.45, 7) is 6.33. The normalized spacial score (nSPS) is 25.3. The van der Waals surface area contributed by atoms with Crippen LogP contribution in [-0.4, -0.2) is 48.4 Å². The van der Waals surface area contributed by atoms with Gasteiger partial charge in [0.25, 0.3) is 0 Å². The maximum atomic E-state index is 12.4. The van der Waals surface area contributed by atoms with E-state index < -0.39 is 36.9 Å². The molecule has 0 radical (unpaired) electrons. The Morgan fingerprint density at radius 3 is 2.19 bits per heavy atom. The largest absolute Gasteiger partial charge is 0.490 e. The van der Waals surface area contributed by atoms with Gasteiger partial charge in [0, 0.05) is 6.54 Å². The van der Waals surface area contributed by atoms with E-state index in [1.165, 1.54) is 6.08 Å². The highest BCUT2D eigenvalue weighted by molar-refractivity contribution is 6.55. The van der Waals surface area contributed by atoms with Gasteiger partial charge < -0.3 is 14.2 Å². The quantitative estimate of drug-likeness (QED) is 0.735. The molecule has 4 nitrogen and oxygen atoms in total. The third kappa shape index (κ3) is 3.43. The van der Waals surface area contributed by atoms with Gasteiger partial charge in [0.2, 0.25) is 5.91 Å². The first-order valence-electron chi connectivity index (χ1n) is 6.83. The number of carbonyl (C=O) groups excluding carboxylic acids is 1. The highest BCUT2D eigenvalue weighted by atomic mass is 19.4. The van der Waals surface area contributed by atoms with E-state index in [2.05, 4.69) is 0 Å². The van der Waals surface area contributed by atoms with Crippen molar-refractivity contribution >= 4 is 13.0 Å². The van der Waals surface area contributed by atoms with Gasteiger partial charge in [0.1, 0.15) is 6.54 Å². The van der Waals surface area contributed by atoms with E-state index in [0.29, 0.717) is 11.9 Å². The zero-order valence-electron chi connectivity index (χ0n) is 12.6. The molecule has 8 heteroatoms. The van der Waals surface area contributed by atoms with Crippen LogP contribution in [0.5, 0.6) is 0 Å². The minimum atomic E-state index is -4.38. The predicted molar refractivity (Wildman–Crippen MR) is 71.4 cm³/mol. The Hall–Kier alpha value is -1.02. The Bertz CT molecular complexity index is 458. The second kappa shape index (κ2) is 5.02. The SMILES string of the molecule is CC1(C)OB(C2=CC(=O)N(CC(F)(F)F)CC2)OC1(C)C. The maximum Gasteiger partial charge on any atom is 0.490 e. The molecule has 0 unspecified atom stereocenters. The number of nitrogens with zero attached hydrogens (tertiary/aromatic N) is 1. The van der Waals surface area contributed by atoms with Crippen molar-refractivity contribution in [1.82, 2.24) is 4.90 Å². The van der Waals surface area contributed by atoms with Gasteiger partial charge in [0.05, 0.1) is 11.2 Å². The molecular formula is C13H19BF3NO3. The monoisotopic (exact) mass is 305 g/mol. The van der Waals surface area contributed by atoms with Gasteiger partial charge in [-0.05, 0) is 45.7 Å². The fraction of sp³-hybridized carbons (Fsp3) is 0.769. The van der Waals surface area contributed by atoms with Gasteiger partial charge >= 0.3 is 13.3 Å². The summed E-state index contributed by atoms with van der Waals surface area (Å²) in [5, 5.41) is 0. The molecule has 0 aromatic carbocycles.